The Morgan fingerprint density at radius 3 is 2.59 bits per heavy atom. The minimum Gasteiger partial charge on any atom is -0.460 e. The molecule has 1 aromatic rings. The predicted molar refractivity (Wildman–Crippen MR) is 73.3 cm³/mol. The molecular formula is C14H19BrO2. The molecule has 0 saturated heterocycles. The Bertz CT molecular complexity index is 393. The quantitative estimate of drug-likeness (QED) is 0.622. The number of carbonyl (C=O) groups is 1. The van der Waals surface area contributed by atoms with Crippen molar-refractivity contribution in [2.45, 2.75) is 44.5 Å². The smallest absolute Gasteiger partial charge is 0.313 e. The summed E-state index contributed by atoms with van der Waals surface area (Å²) >= 11 is 3.41. The van der Waals surface area contributed by atoms with Gasteiger partial charge in [0.1, 0.15) is 5.60 Å². The van der Waals surface area contributed by atoms with E-state index in [0.29, 0.717) is 0 Å². The molecule has 0 fully saturated rings. The summed E-state index contributed by atoms with van der Waals surface area (Å²) in [5.74, 6) is -0.405. The first-order valence-electron chi connectivity index (χ1n) is 5.71. The standard InChI is InChI=1S/C14H19BrO2/c1-10(13(16)17-14(2,3)4)12-7-5-6-11(8-12)9-15/h5-8,10H,9H2,1-4H3. The maximum absolute atomic E-state index is 11.9. The molecule has 0 heterocycles. The number of rotatable bonds is 3. The number of hydrogen-bond donors (Lipinski definition) is 0. The van der Waals surface area contributed by atoms with E-state index < -0.39 is 5.60 Å². The van der Waals surface area contributed by atoms with Crippen LogP contribution < -0.4 is 0 Å². The zero-order valence-corrected chi connectivity index (χ0v) is 12.4. The Kier molecular flexibility index (Phi) is 4.75. The van der Waals surface area contributed by atoms with Crippen molar-refractivity contribution in [3.63, 3.8) is 0 Å². The number of alkyl halides is 1. The van der Waals surface area contributed by atoms with Gasteiger partial charge in [0, 0.05) is 5.33 Å². The number of esters is 1. The molecule has 0 spiro atoms. The number of carbonyl (C=O) groups excluding carboxylic acids is 1. The van der Waals surface area contributed by atoms with Crippen LogP contribution in [0.2, 0.25) is 0 Å². The second-order valence-corrected chi connectivity index (χ2v) is 5.69. The fraction of sp³-hybridized carbons (Fsp3) is 0.500. The monoisotopic (exact) mass is 298 g/mol. The molecule has 0 aliphatic carbocycles. The van der Waals surface area contributed by atoms with Gasteiger partial charge in [0.25, 0.3) is 0 Å². The summed E-state index contributed by atoms with van der Waals surface area (Å²) < 4.78 is 5.38. The van der Waals surface area contributed by atoms with Gasteiger partial charge in [0.2, 0.25) is 0 Å². The molecule has 1 unspecified atom stereocenters. The van der Waals surface area contributed by atoms with Crippen molar-refractivity contribution in [2.24, 2.45) is 0 Å². The normalized spacial score (nSPS) is 13.2. The van der Waals surface area contributed by atoms with E-state index in [1.807, 2.05) is 52.0 Å². The molecule has 1 atom stereocenters. The van der Waals surface area contributed by atoms with E-state index in [9.17, 15) is 4.79 Å². The molecule has 0 saturated carbocycles. The molecule has 17 heavy (non-hydrogen) atoms. The van der Waals surface area contributed by atoms with Gasteiger partial charge in [-0.05, 0) is 38.8 Å². The third-order valence-corrected chi connectivity index (χ3v) is 3.01. The van der Waals surface area contributed by atoms with E-state index in [4.69, 9.17) is 4.74 Å². The van der Waals surface area contributed by atoms with Crippen LogP contribution in [0.3, 0.4) is 0 Å². The van der Waals surface area contributed by atoms with Gasteiger partial charge in [-0.1, -0.05) is 40.2 Å². The molecule has 94 valence electrons. The van der Waals surface area contributed by atoms with Crippen LogP contribution in [0, 0.1) is 0 Å². The number of hydrogen-bond acceptors (Lipinski definition) is 2. The van der Waals surface area contributed by atoms with Crippen LogP contribution in [0.5, 0.6) is 0 Å². The lowest BCUT2D eigenvalue weighted by Crippen LogP contribution is -2.26. The highest BCUT2D eigenvalue weighted by Crippen LogP contribution is 2.21. The molecule has 0 N–H and O–H groups in total. The number of halogens is 1. The minimum atomic E-state index is -0.432. The SMILES string of the molecule is CC(C(=O)OC(C)(C)C)c1cccc(CBr)c1. The first kappa shape index (κ1) is 14.2. The summed E-state index contributed by atoms with van der Waals surface area (Å²) in [6, 6.07) is 7.98. The Labute approximate surface area is 111 Å². The summed E-state index contributed by atoms with van der Waals surface area (Å²) in [5.41, 5.74) is 1.73. The van der Waals surface area contributed by atoms with Crippen LogP contribution in [0.1, 0.15) is 44.7 Å². The van der Waals surface area contributed by atoms with Crippen molar-refractivity contribution in [3.05, 3.63) is 35.4 Å². The van der Waals surface area contributed by atoms with E-state index >= 15 is 0 Å². The van der Waals surface area contributed by atoms with Gasteiger partial charge in [0.05, 0.1) is 5.92 Å². The molecule has 0 amide bonds. The van der Waals surface area contributed by atoms with E-state index in [-0.39, 0.29) is 11.9 Å². The highest BCUT2D eigenvalue weighted by Gasteiger charge is 2.22. The van der Waals surface area contributed by atoms with Crippen molar-refractivity contribution in [2.75, 3.05) is 0 Å². The second-order valence-electron chi connectivity index (χ2n) is 5.13. The summed E-state index contributed by atoms with van der Waals surface area (Å²) in [5, 5.41) is 0.794. The van der Waals surface area contributed by atoms with Gasteiger partial charge in [-0.15, -0.1) is 0 Å². The van der Waals surface area contributed by atoms with E-state index in [2.05, 4.69) is 15.9 Å². The van der Waals surface area contributed by atoms with Gasteiger partial charge in [-0.25, -0.2) is 0 Å². The van der Waals surface area contributed by atoms with Crippen LogP contribution >= 0.6 is 15.9 Å². The van der Waals surface area contributed by atoms with Crippen LogP contribution in [0.25, 0.3) is 0 Å². The minimum absolute atomic E-state index is 0.177. The molecule has 0 aliphatic rings. The van der Waals surface area contributed by atoms with Gasteiger partial charge in [0.15, 0.2) is 0 Å². The maximum Gasteiger partial charge on any atom is 0.313 e. The molecule has 2 nitrogen and oxygen atoms in total. The van der Waals surface area contributed by atoms with Crippen molar-refractivity contribution < 1.29 is 9.53 Å². The topological polar surface area (TPSA) is 26.3 Å². The second kappa shape index (κ2) is 5.67. The molecule has 0 bridgehead atoms. The molecule has 1 aromatic carbocycles. The predicted octanol–water partition coefficient (Wildman–Crippen LogP) is 4.03. The lowest BCUT2D eigenvalue weighted by atomic mass is 9.99. The molecule has 3 heteroatoms. The summed E-state index contributed by atoms with van der Waals surface area (Å²) in [6.07, 6.45) is 0. The van der Waals surface area contributed by atoms with E-state index in [0.717, 1.165) is 16.5 Å². The maximum atomic E-state index is 11.9. The fourth-order valence-electron chi connectivity index (χ4n) is 1.47. The molecule has 0 aliphatic heterocycles. The molecule has 0 radical (unpaired) electrons. The van der Waals surface area contributed by atoms with Crippen LogP contribution in [-0.2, 0) is 14.9 Å². The lowest BCUT2D eigenvalue weighted by Gasteiger charge is -2.22. The first-order valence-corrected chi connectivity index (χ1v) is 6.83. The van der Waals surface area contributed by atoms with Crippen LogP contribution in [0.4, 0.5) is 0 Å². The van der Waals surface area contributed by atoms with Crippen molar-refractivity contribution >= 4 is 21.9 Å². The zero-order valence-electron chi connectivity index (χ0n) is 10.8. The van der Waals surface area contributed by atoms with Crippen molar-refractivity contribution in [1.29, 1.82) is 0 Å². The van der Waals surface area contributed by atoms with Gasteiger partial charge >= 0.3 is 5.97 Å². The van der Waals surface area contributed by atoms with E-state index in [1.165, 1.54) is 0 Å². The average molecular weight is 299 g/mol. The highest BCUT2D eigenvalue weighted by atomic mass is 79.9. The Morgan fingerprint density at radius 2 is 2.06 bits per heavy atom. The average Bonchev–Trinajstić information content (AvgIpc) is 2.26. The summed E-state index contributed by atoms with van der Waals surface area (Å²) in [7, 11) is 0. The van der Waals surface area contributed by atoms with Gasteiger partial charge in [-0.3, -0.25) is 4.79 Å². The Hall–Kier alpha value is -0.830. The third-order valence-electron chi connectivity index (χ3n) is 2.37. The van der Waals surface area contributed by atoms with Crippen LogP contribution in [0.15, 0.2) is 24.3 Å². The summed E-state index contributed by atoms with van der Waals surface area (Å²) in [6.45, 7) is 7.52. The van der Waals surface area contributed by atoms with Crippen molar-refractivity contribution in [3.8, 4) is 0 Å². The van der Waals surface area contributed by atoms with E-state index in [1.54, 1.807) is 0 Å². The first-order chi connectivity index (χ1) is 7.83. The summed E-state index contributed by atoms with van der Waals surface area (Å²) in [4.78, 5) is 11.9. The Morgan fingerprint density at radius 1 is 1.41 bits per heavy atom. The molecule has 1 rings (SSSR count). The fourth-order valence-corrected chi connectivity index (χ4v) is 1.82. The molecular weight excluding hydrogens is 280 g/mol. The number of benzene rings is 1. The van der Waals surface area contributed by atoms with Gasteiger partial charge in [-0.2, -0.15) is 0 Å². The molecule has 0 aromatic heterocycles. The van der Waals surface area contributed by atoms with Crippen LogP contribution in [-0.4, -0.2) is 11.6 Å². The number of ether oxygens (including phenoxy) is 1. The van der Waals surface area contributed by atoms with Gasteiger partial charge < -0.3 is 4.74 Å². The largest absolute Gasteiger partial charge is 0.460 e. The highest BCUT2D eigenvalue weighted by molar-refractivity contribution is 9.08. The zero-order chi connectivity index (χ0) is 13.1. The lowest BCUT2D eigenvalue weighted by molar-refractivity contribution is -0.156. The Balaban J connectivity index is 2.81. The third kappa shape index (κ3) is 4.50. The van der Waals surface area contributed by atoms with Crippen molar-refractivity contribution in [1.82, 2.24) is 0 Å².